The van der Waals surface area contributed by atoms with Crippen molar-refractivity contribution >= 4 is 29.5 Å². The predicted molar refractivity (Wildman–Crippen MR) is 178 cm³/mol. The first kappa shape index (κ1) is 36.4. The van der Waals surface area contributed by atoms with E-state index in [1.807, 2.05) is 0 Å². The van der Waals surface area contributed by atoms with Crippen LogP contribution in [-0.4, -0.2) is 86.2 Å². The summed E-state index contributed by atoms with van der Waals surface area (Å²) in [5.74, 6) is -3.46. The van der Waals surface area contributed by atoms with Gasteiger partial charge in [0.25, 0.3) is 0 Å². The van der Waals surface area contributed by atoms with Gasteiger partial charge in [-0.15, -0.1) is 0 Å². The summed E-state index contributed by atoms with van der Waals surface area (Å²) in [7, 11) is 0. The van der Waals surface area contributed by atoms with Crippen molar-refractivity contribution in [1.82, 2.24) is 20.9 Å². The lowest BCUT2D eigenvalue weighted by Crippen LogP contribution is -2.60. The minimum Gasteiger partial charge on any atom is -0.508 e. The van der Waals surface area contributed by atoms with E-state index in [0.717, 1.165) is 4.90 Å². The molecule has 1 heterocycles. The molecule has 6 atom stereocenters. The van der Waals surface area contributed by atoms with Crippen molar-refractivity contribution in [1.29, 1.82) is 0 Å². The van der Waals surface area contributed by atoms with Crippen LogP contribution in [0.5, 0.6) is 11.5 Å². The van der Waals surface area contributed by atoms with Crippen LogP contribution in [0.1, 0.15) is 36.5 Å². The van der Waals surface area contributed by atoms with Crippen molar-refractivity contribution in [3.05, 3.63) is 95.6 Å². The fraction of sp³-hybridized carbons (Fsp3) is 0.343. The third-order valence-electron chi connectivity index (χ3n) is 8.33. The molecule has 0 saturated carbocycles. The van der Waals surface area contributed by atoms with E-state index >= 15 is 0 Å². The number of carbonyl (C=O) groups is 5. The van der Waals surface area contributed by atoms with Crippen LogP contribution in [0.3, 0.4) is 0 Å². The van der Waals surface area contributed by atoms with Gasteiger partial charge in [-0.05, 0) is 67.1 Å². The molecule has 1 fully saturated rings. The highest BCUT2D eigenvalue weighted by atomic mass is 16.3. The fourth-order valence-corrected chi connectivity index (χ4v) is 5.60. The molecule has 1 saturated heterocycles. The molecule has 1 unspecified atom stereocenters. The van der Waals surface area contributed by atoms with E-state index in [1.165, 1.54) is 31.2 Å². The lowest BCUT2D eigenvalue weighted by molar-refractivity contribution is -0.150. The molecule has 14 nitrogen and oxygen atoms in total. The van der Waals surface area contributed by atoms with Gasteiger partial charge in [0.1, 0.15) is 41.9 Å². The molecule has 0 aliphatic carbocycles. The molecule has 14 heteroatoms. The summed E-state index contributed by atoms with van der Waals surface area (Å²) in [5.41, 5.74) is 13.6. The number of phenolic OH excluding ortho intramolecular Hbond substituents is 2. The Bertz CT molecular complexity index is 1620. The van der Waals surface area contributed by atoms with Crippen LogP contribution < -0.4 is 27.4 Å². The Labute approximate surface area is 283 Å². The summed E-state index contributed by atoms with van der Waals surface area (Å²) in [4.78, 5) is 67.0. The summed E-state index contributed by atoms with van der Waals surface area (Å²) in [6.07, 6.45) is -1.01. The van der Waals surface area contributed by atoms with E-state index in [4.69, 9.17) is 11.5 Å². The van der Waals surface area contributed by atoms with Gasteiger partial charge in [-0.3, -0.25) is 24.0 Å². The van der Waals surface area contributed by atoms with E-state index < -0.39 is 66.0 Å². The number of phenols is 2. The molecule has 49 heavy (non-hydrogen) atoms. The highest BCUT2D eigenvalue weighted by molar-refractivity contribution is 5.96. The number of nitrogens with zero attached hydrogens (tertiary/aromatic N) is 1. The predicted octanol–water partition coefficient (Wildman–Crippen LogP) is -0.278. The zero-order valence-electron chi connectivity index (χ0n) is 27.0. The molecule has 1 aliphatic heterocycles. The number of aliphatic hydroxyl groups is 1. The van der Waals surface area contributed by atoms with Gasteiger partial charge in [0.05, 0.1) is 6.04 Å². The molecule has 4 rings (SSSR count). The van der Waals surface area contributed by atoms with Crippen molar-refractivity contribution in [2.45, 2.75) is 75.5 Å². The number of benzene rings is 3. The third kappa shape index (κ3) is 10.0. The smallest absolute Gasteiger partial charge is 0.248 e. The number of nitrogens with one attached hydrogen (secondary N) is 3. The van der Waals surface area contributed by atoms with E-state index in [-0.39, 0.29) is 43.6 Å². The third-order valence-corrected chi connectivity index (χ3v) is 8.33. The molecule has 3 aromatic carbocycles. The van der Waals surface area contributed by atoms with Gasteiger partial charge < -0.3 is 47.6 Å². The number of hydrogen-bond acceptors (Lipinski definition) is 9. The molecular weight excluding hydrogens is 632 g/mol. The molecule has 3 aromatic rings. The number of likely N-dealkylation sites (tertiary alicyclic amines) is 1. The minimum atomic E-state index is -1.35. The Balaban J connectivity index is 1.46. The average molecular weight is 675 g/mol. The maximum atomic E-state index is 14.1. The van der Waals surface area contributed by atoms with Crippen molar-refractivity contribution in [3.8, 4) is 11.5 Å². The van der Waals surface area contributed by atoms with Crippen LogP contribution in [0, 0.1) is 0 Å². The number of aromatic hydroxyl groups is 2. The van der Waals surface area contributed by atoms with Crippen molar-refractivity contribution in [2.24, 2.45) is 11.5 Å². The number of rotatable bonds is 14. The molecular formula is C35H42N6O8. The topological polar surface area (TPSA) is 237 Å². The first-order valence-corrected chi connectivity index (χ1v) is 15.9. The van der Waals surface area contributed by atoms with Gasteiger partial charge in [-0.25, -0.2) is 0 Å². The van der Waals surface area contributed by atoms with Crippen LogP contribution in [-0.2, 0) is 43.2 Å². The maximum absolute atomic E-state index is 14.1. The second kappa shape index (κ2) is 16.6. The lowest BCUT2D eigenvalue weighted by atomic mass is 10.0. The van der Waals surface area contributed by atoms with Crippen molar-refractivity contribution in [3.63, 3.8) is 0 Å². The van der Waals surface area contributed by atoms with Crippen LogP contribution in [0.25, 0.3) is 0 Å². The molecule has 0 bridgehead atoms. The van der Waals surface area contributed by atoms with E-state index in [9.17, 15) is 39.3 Å². The standard InChI is InChI=1S/C35H42N6O8/c1-20(38-33(47)26(36)17-22-7-11-24(42)12-8-22)32(46)40-28(19-21-5-3-2-4-6-21)35(49)41-29(15-16-30(41)44)34(48)39-27(31(37)45)18-23-9-13-25(43)14-10-23/h2-14,20,26-30,42-44H,15-19,36H2,1H3,(H2,37,45)(H,38,47)(H,39,48)(H,40,46)/t20-,26+,27+,28+,29+,30?/m1/s1. The van der Waals surface area contributed by atoms with Crippen LogP contribution in [0.2, 0.25) is 0 Å². The second-order valence-corrected chi connectivity index (χ2v) is 12.1. The van der Waals surface area contributed by atoms with Crippen molar-refractivity contribution in [2.75, 3.05) is 0 Å². The number of carbonyl (C=O) groups excluding carboxylic acids is 5. The molecule has 1 aliphatic rings. The van der Waals surface area contributed by atoms with Gasteiger partial charge in [-0.1, -0.05) is 54.6 Å². The summed E-state index contributed by atoms with van der Waals surface area (Å²) in [6, 6.07) is 15.4. The van der Waals surface area contributed by atoms with Crippen LogP contribution >= 0.6 is 0 Å². The van der Waals surface area contributed by atoms with Gasteiger partial charge in [0.2, 0.25) is 29.5 Å². The number of aliphatic hydroxyl groups excluding tert-OH is 1. The first-order valence-electron chi connectivity index (χ1n) is 15.9. The highest BCUT2D eigenvalue weighted by Gasteiger charge is 2.43. The van der Waals surface area contributed by atoms with Gasteiger partial charge in [0, 0.05) is 12.8 Å². The molecule has 260 valence electrons. The monoisotopic (exact) mass is 674 g/mol. The number of primary amides is 1. The van der Waals surface area contributed by atoms with Crippen molar-refractivity contribution < 1.29 is 39.3 Å². The van der Waals surface area contributed by atoms with E-state index in [1.54, 1.807) is 54.6 Å². The fourth-order valence-electron chi connectivity index (χ4n) is 5.60. The van der Waals surface area contributed by atoms with Gasteiger partial charge in [0.15, 0.2) is 0 Å². The Morgan fingerprint density at radius 3 is 1.84 bits per heavy atom. The maximum Gasteiger partial charge on any atom is 0.248 e. The number of nitrogens with two attached hydrogens (primary N) is 2. The largest absolute Gasteiger partial charge is 0.508 e. The minimum absolute atomic E-state index is 0.00870. The quantitative estimate of drug-likeness (QED) is 0.112. The lowest BCUT2D eigenvalue weighted by Gasteiger charge is -2.32. The molecule has 0 aromatic heterocycles. The Hall–Kier alpha value is -5.47. The molecule has 5 amide bonds. The molecule has 10 N–H and O–H groups in total. The number of amides is 5. The molecule has 0 radical (unpaired) electrons. The normalized spacial score (nSPS) is 18.1. The Kier molecular flexibility index (Phi) is 12.3. The summed E-state index contributed by atoms with van der Waals surface area (Å²) in [5, 5.41) is 37.7. The average Bonchev–Trinajstić information content (AvgIpc) is 3.47. The van der Waals surface area contributed by atoms with E-state index in [2.05, 4.69) is 16.0 Å². The van der Waals surface area contributed by atoms with Crippen LogP contribution in [0.4, 0.5) is 0 Å². The second-order valence-electron chi connectivity index (χ2n) is 12.1. The zero-order chi connectivity index (χ0) is 35.7. The Morgan fingerprint density at radius 2 is 1.27 bits per heavy atom. The zero-order valence-corrected chi connectivity index (χ0v) is 27.0. The van der Waals surface area contributed by atoms with Crippen LogP contribution in [0.15, 0.2) is 78.9 Å². The van der Waals surface area contributed by atoms with Gasteiger partial charge in [-0.2, -0.15) is 0 Å². The number of hydrogen-bond donors (Lipinski definition) is 8. The SMILES string of the molecule is C[C@@H](NC(=O)[C@@H](N)Cc1ccc(O)cc1)C(=O)N[C@@H](Cc1ccccc1)C(=O)N1C(O)CC[C@H]1C(=O)N[C@@H](Cc1ccc(O)cc1)C(N)=O. The highest BCUT2D eigenvalue weighted by Crippen LogP contribution is 2.25. The molecule has 0 spiro atoms. The van der Waals surface area contributed by atoms with Gasteiger partial charge >= 0.3 is 0 Å². The summed E-state index contributed by atoms with van der Waals surface area (Å²) in [6.45, 7) is 1.43. The first-order chi connectivity index (χ1) is 23.3. The van der Waals surface area contributed by atoms with E-state index in [0.29, 0.717) is 16.7 Å². The summed E-state index contributed by atoms with van der Waals surface area (Å²) < 4.78 is 0. The Morgan fingerprint density at radius 1 is 0.735 bits per heavy atom. The summed E-state index contributed by atoms with van der Waals surface area (Å²) >= 11 is 0.